The Morgan fingerprint density at radius 2 is 1.76 bits per heavy atom. The minimum Gasteiger partial charge on any atom is -0.350 e. The lowest BCUT2D eigenvalue weighted by atomic mass is 9.96. The second-order valence-electron chi connectivity index (χ2n) is 5.65. The highest BCUT2D eigenvalue weighted by molar-refractivity contribution is 5.32. The third kappa shape index (κ3) is 3.58. The van der Waals surface area contributed by atoms with Crippen LogP contribution >= 0.6 is 0 Å². The molecule has 0 spiro atoms. The lowest BCUT2D eigenvalue weighted by Crippen LogP contribution is -2.37. The number of ether oxygens (including phenoxy) is 2. The monoisotopic (exact) mass is 292 g/mol. The van der Waals surface area contributed by atoms with Crippen molar-refractivity contribution >= 4 is 5.69 Å². The smallest absolute Gasteiger partial charge is 0.269 e. The molecule has 2 heterocycles. The maximum absolute atomic E-state index is 10.6. The number of benzene rings is 1. The Labute approximate surface area is 123 Å². The lowest BCUT2D eigenvalue weighted by molar-refractivity contribution is -0.384. The van der Waals surface area contributed by atoms with Crippen LogP contribution in [0.15, 0.2) is 24.3 Å². The molecule has 1 aromatic rings. The molecule has 0 aliphatic carbocycles. The zero-order valence-electron chi connectivity index (χ0n) is 11.9. The fourth-order valence-corrected chi connectivity index (χ4v) is 3.01. The van der Waals surface area contributed by atoms with E-state index in [4.69, 9.17) is 9.47 Å². The van der Waals surface area contributed by atoms with Crippen LogP contribution in [0.5, 0.6) is 0 Å². The summed E-state index contributed by atoms with van der Waals surface area (Å²) in [5.41, 5.74) is 1.26. The average Bonchev–Trinajstić information content (AvgIpc) is 3.03. The third-order valence-electron chi connectivity index (χ3n) is 4.22. The fourth-order valence-electron chi connectivity index (χ4n) is 3.01. The Kier molecular flexibility index (Phi) is 4.48. The van der Waals surface area contributed by atoms with Crippen LogP contribution in [-0.4, -0.2) is 42.4 Å². The summed E-state index contributed by atoms with van der Waals surface area (Å²) in [6.45, 7) is 4.31. The highest BCUT2D eigenvalue weighted by atomic mass is 16.7. The molecule has 1 aromatic carbocycles. The summed E-state index contributed by atoms with van der Waals surface area (Å²) >= 11 is 0. The van der Waals surface area contributed by atoms with Gasteiger partial charge in [-0.1, -0.05) is 12.1 Å². The number of hydrogen-bond donors (Lipinski definition) is 0. The summed E-state index contributed by atoms with van der Waals surface area (Å²) < 4.78 is 11.2. The van der Waals surface area contributed by atoms with Crippen LogP contribution in [0.25, 0.3) is 0 Å². The minimum atomic E-state index is -0.364. The summed E-state index contributed by atoms with van der Waals surface area (Å²) in [5, 5.41) is 10.6. The number of nitro groups is 1. The normalized spacial score (nSPS) is 21.7. The summed E-state index contributed by atoms with van der Waals surface area (Å²) in [4.78, 5) is 12.7. The van der Waals surface area contributed by atoms with Gasteiger partial charge in [0.15, 0.2) is 6.29 Å². The molecule has 0 atom stereocenters. The van der Waals surface area contributed by atoms with Crippen molar-refractivity contribution in [3.8, 4) is 0 Å². The predicted octanol–water partition coefficient (Wildman–Crippen LogP) is 2.18. The number of hydrogen-bond acceptors (Lipinski definition) is 5. The molecule has 0 aromatic heterocycles. The third-order valence-corrected chi connectivity index (χ3v) is 4.22. The zero-order chi connectivity index (χ0) is 14.7. The van der Waals surface area contributed by atoms with Gasteiger partial charge in [-0.05, 0) is 31.5 Å². The first-order valence-corrected chi connectivity index (χ1v) is 7.41. The number of likely N-dealkylation sites (tertiary alicyclic amines) is 1. The Morgan fingerprint density at radius 3 is 2.33 bits per heavy atom. The Balaban J connectivity index is 1.49. The van der Waals surface area contributed by atoms with Crippen molar-refractivity contribution in [2.45, 2.75) is 25.7 Å². The van der Waals surface area contributed by atoms with E-state index in [1.165, 1.54) is 0 Å². The number of nitro benzene ring substituents is 1. The van der Waals surface area contributed by atoms with Crippen LogP contribution in [0, 0.1) is 16.0 Å². The lowest BCUT2D eigenvalue weighted by Gasteiger charge is -2.33. The molecule has 0 radical (unpaired) electrons. The van der Waals surface area contributed by atoms with Gasteiger partial charge < -0.3 is 9.47 Å². The molecular formula is C15H20N2O4. The number of nitrogens with zero attached hydrogens (tertiary/aromatic N) is 2. The van der Waals surface area contributed by atoms with Gasteiger partial charge in [-0.2, -0.15) is 0 Å². The van der Waals surface area contributed by atoms with Gasteiger partial charge in [-0.15, -0.1) is 0 Å². The topological polar surface area (TPSA) is 64.8 Å². The van der Waals surface area contributed by atoms with Crippen LogP contribution in [0.2, 0.25) is 0 Å². The van der Waals surface area contributed by atoms with Gasteiger partial charge in [0.1, 0.15) is 0 Å². The first-order valence-electron chi connectivity index (χ1n) is 7.41. The Hall–Kier alpha value is -1.50. The van der Waals surface area contributed by atoms with Crippen molar-refractivity contribution in [2.75, 3.05) is 26.3 Å². The van der Waals surface area contributed by atoms with E-state index < -0.39 is 0 Å². The van der Waals surface area contributed by atoms with Gasteiger partial charge in [0.05, 0.1) is 18.1 Å². The van der Waals surface area contributed by atoms with E-state index in [9.17, 15) is 10.1 Å². The van der Waals surface area contributed by atoms with Crippen molar-refractivity contribution in [1.82, 2.24) is 4.90 Å². The van der Waals surface area contributed by atoms with Crippen LogP contribution < -0.4 is 0 Å². The largest absolute Gasteiger partial charge is 0.350 e. The summed E-state index contributed by atoms with van der Waals surface area (Å²) in [6, 6.07) is 6.82. The summed E-state index contributed by atoms with van der Waals surface area (Å²) in [6.07, 6.45) is 2.15. The van der Waals surface area contributed by atoms with E-state index in [1.807, 2.05) is 12.1 Å². The van der Waals surface area contributed by atoms with Crippen molar-refractivity contribution in [2.24, 2.45) is 5.92 Å². The predicted molar refractivity (Wildman–Crippen MR) is 76.8 cm³/mol. The fraction of sp³-hybridized carbons (Fsp3) is 0.600. The van der Waals surface area contributed by atoms with Gasteiger partial charge in [0.25, 0.3) is 5.69 Å². The molecule has 0 unspecified atom stereocenters. The summed E-state index contributed by atoms with van der Waals surface area (Å²) in [5.74, 6) is 0.501. The number of piperidine rings is 1. The first kappa shape index (κ1) is 14.4. The molecular weight excluding hydrogens is 272 g/mol. The average molecular weight is 292 g/mol. The van der Waals surface area contributed by atoms with E-state index in [2.05, 4.69) is 4.90 Å². The Morgan fingerprint density at radius 1 is 1.14 bits per heavy atom. The maximum atomic E-state index is 10.6. The van der Waals surface area contributed by atoms with Crippen molar-refractivity contribution in [1.29, 1.82) is 0 Å². The van der Waals surface area contributed by atoms with Crippen molar-refractivity contribution in [3.63, 3.8) is 0 Å². The van der Waals surface area contributed by atoms with Crippen LogP contribution in [0.1, 0.15) is 18.4 Å². The van der Waals surface area contributed by atoms with E-state index >= 15 is 0 Å². The van der Waals surface area contributed by atoms with Gasteiger partial charge in [-0.25, -0.2) is 0 Å². The van der Waals surface area contributed by atoms with Crippen LogP contribution in [0.4, 0.5) is 5.69 Å². The highest BCUT2D eigenvalue weighted by Crippen LogP contribution is 2.26. The van der Waals surface area contributed by atoms with Gasteiger partial charge in [-0.3, -0.25) is 15.0 Å². The van der Waals surface area contributed by atoms with E-state index in [0.717, 1.165) is 38.0 Å². The zero-order valence-corrected chi connectivity index (χ0v) is 11.9. The second-order valence-corrected chi connectivity index (χ2v) is 5.65. The molecule has 6 heteroatoms. The van der Waals surface area contributed by atoms with Crippen LogP contribution in [0.3, 0.4) is 0 Å². The molecule has 6 nitrogen and oxygen atoms in total. The van der Waals surface area contributed by atoms with Crippen LogP contribution in [-0.2, 0) is 16.0 Å². The standard InChI is InChI=1S/C15H20N2O4/c18-17(19)14-3-1-12(2-4-14)11-16-7-5-13(6-8-16)15-20-9-10-21-15/h1-4,13,15H,5-11H2. The van der Waals surface area contributed by atoms with Gasteiger partial charge in [0.2, 0.25) is 0 Å². The molecule has 3 rings (SSSR count). The molecule has 2 fully saturated rings. The SMILES string of the molecule is O=[N+]([O-])c1ccc(CN2CCC(C3OCCO3)CC2)cc1. The molecule has 0 saturated carbocycles. The number of rotatable bonds is 4. The Bertz CT molecular complexity index is 477. The van der Waals surface area contributed by atoms with E-state index in [0.29, 0.717) is 19.1 Å². The minimum absolute atomic E-state index is 0.00785. The van der Waals surface area contributed by atoms with Crippen molar-refractivity contribution in [3.05, 3.63) is 39.9 Å². The molecule has 114 valence electrons. The molecule has 0 bridgehead atoms. The highest BCUT2D eigenvalue weighted by Gasteiger charge is 2.30. The summed E-state index contributed by atoms with van der Waals surface area (Å²) in [7, 11) is 0. The number of non-ortho nitro benzene ring substituents is 1. The van der Waals surface area contributed by atoms with Crippen molar-refractivity contribution < 1.29 is 14.4 Å². The maximum Gasteiger partial charge on any atom is 0.269 e. The quantitative estimate of drug-likeness (QED) is 0.628. The van der Waals surface area contributed by atoms with Gasteiger partial charge >= 0.3 is 0 Å². The molecule has 2 aliphatic rings. The first-order chi connectivity index (χ1) is 10.2. The molecule has 2 saturated heterocycles. The molecule has 0 N–H and O–H groups in total. The molecule has 0 amide bonds. The second kappa shape index (κ2) is 6.51. The van der Waals surface area contributed by atoms with E-state index in [1.54, 1.807) is 12.1 Å². The molecule has 2 aliphatic heterocycles. The van der Waals surface area contributed by atoms with Gasteiger partial charge in [0, 0.05) is 24.6 Å². The van der Waals surface area contributed by atoms with E-state index in [-0.39, 0.29) is 16.9 Å². The molecule has 21 heavy (non-hydrogen) atoms.